The summed E-state index contributed by atoms with van der Waals surface area (Å²) in [6.45, 7) is 2.40. The third-order valence-corrected chi connectivity index (χ3v) is 4.72. The van der Waals surface area contributed by atoms with Gasteiger partial charge in [-0.05, 0) is 65.8 Å². The van der Waals surface area contributed by atoms with Gasteiger partial charge in [0.25, 0.3) is 0 Å². The molecule has 0 aromatic heterocycles. The molecule has 1 amide bonds. The van der Waals surface area contributed by atoms with Crippen LogP contribution in [0, 0.1) is 5.82 Å². The van der Waals surface area contributed by atoms with E-state index in [2.05, 4.69) is 37.2 Å². The summed E-state index contributed by atoms with van der Waals surface area (Å²) >= 11 is 6.81. The van der Waals surface area contributed by atoms with Gasteiger partial charge in [-0.1, -0.05) is 28.1 Å². The topological polar surface area (TPSA) is 32.3 Å². The van der Waals surface area contributed by atoms with Gasteiger partial charge in [0.05, 0.1) is 11.7 Å². The zero-order valence-electron chi connectivity index (χ0n) is 12.8. The summed E-state index contributed by atoms with van der Waals surface area (Å²) in [5.74, 6) is -0.361. The highest BCUT2D eigenvalue weighted by atomic mass is 79.9. The van der Waals surface area contributed by atoms with Crippen LogP contribution in [0.25, 0.3) is 0 Å². The van der Waals surface area contributed by atoms with E-state index in [1.807, 2.05) is 37.1 Å². The molecule has 0 aliphatic heterocycles. The van der Waals surface area contributed by atoms with Crippen molar-refractivity contribution in [1.29, 1.82) is 0 Å². The Kier molecular flexibility index (Phi) is 6.33. The molecule has 0 bridgehead atoms. The molecule has 0 aliphatic carbocycles. The summed E-state index contributed by atoms with van der Waals surface area (Å²) in [7, 11) is 1.87. The third-order valence-electron chi connectivity index (χ3n) is 3.57. The molecule has 0 radical (unpaired) electrons. The zero-order valence-corrected chi connectivity index (χ0v) is 16.0. The lowest BCUT2D eigenvalue weighted by Gasteiger charge is -2.24. The number of nitrogens with zero attached hydrogens (tertiary/aromatic N) is 1. The largest absolute Gasteiger partial charge is 0.324 e. The van der Waals surface area contributed by atoms with Crippen LogP contribution >= 0.6 is 31.9 Å². The monoisotopic (exact) mass is 442 g/mol. The van der Waals surface area contributed by atoms with Gasteiger partial charge in [-0.25, -0.2) is 4.39 Å². The maximum Gasteiger partial charge on any atom is 0.241 e. The van der Waals surface area contributed by atoms with E-state index in [1.54, 1.807) is 12.1 Å². The normalized spacial score (nSPS) is 12.3. The van der Waals surface area contributed by atoms with Crippen LogP contribution in [0.5, 0.6) is 0 Å². The summed E-state index contributed by atoms with van der Waals surface area (Å²) in [6.07, 6.45) is 0. The first-order chi connectivity index (χ1) is 10.9. The molecule has 3 nitrogen and oxygen atoms in total. The summed E-state index contributed by atoms with van der Waals surface area (Å²) in [4.78, 5) is 14.3. The Hall–Kier alpha value is -1.24. The number of hydrogen-bond acceptors (Lipinski definition) is 2. The predicted octanol–water partition coefficient (Wildman–Crippen LogP) is 4.81. The minimum Gasteiger partial charge on any atom is -0.324 e. The molecule has 0 aliphatic rings. The molecule has 0 heterocycles. The highest BCUT2D eigenvalue weighted by Gasteiger charge is 2.19. The molecule has 0 spiro atoms. The molecule has 1 atom stereocenters. The van der Waals surface area contributed by atoms with Crippen molar-refractivity contribution in [2.75, 3.05) is 12.4 Å². The average molecular weight is 444 g/mol. The first-order valence-corrected chi connectivity index (χ1v) is 8.66. The SMILES string of the molecule is CC(C(=O)Nc1ccc(Br)cc1Br)N(C)Cc1ccc(F)cc1. The first kappa shape index (κ1) is 18.1. The Labute approximate surface area is 152 Å². The molecule has 2 aromatic rings. The lowest BCUT2D eigenvalue weighted by Crippen LogP contribution is -2.39. The summed E-state index contributed by atoms with van der Waals surface area (Å²) in [5, 5.41) is 2.90. The van der Waals surface area contributed by atoms with Crippen molar-refractivity contribution in [3.8, 4) is 0 Å². The molecule has 23 heavy (non-hydrogen) atoms. The Bertz CT molecular complexity index is 691. The molecule has 0 saturated carbocycles. The number of rotatable bonds is 5. The van der Waals surface area contributed by atoms with Gasteiger partial charge in [0.15, 0.2) is 0 Å². The first-order valence-electron chi connectivity index (χ1n) is 7.07. The Morgan fingerprint density at radius 3 is 2.48 bits per heavy atom. The number of nitrogens with one attached hydrogen (secondary N) is 1. The fourth-order valence-electron chi connectivity index (χ4n) is 2.04. The lowest BCUT2D eigenvalue weighted by molar-refractivity contribution is -0.120. The van der Waals surface area contributed by atoms with Crippen LogP contribution in [0.3, 0.4) is 0 Å². The second kappa shape index (κ2) is 8.04. The van der Waals surface area contributed by atoms with Crippen LogP contribution in [0.2, 0.25) is 0 Å². The maximum absolute atomic E-state index is 12.9. The second-order valence-corrected chi connectivity index (χ2v) is 7.10. The van der Waals surface area contributed by atoms with Crippen LogP contribution in [0.15, 0.2) is 51.4 Å². The van der Waals surface area contributed by atoms with Crippen molar-refractivity contribution in [3.05, 3.63) is 62.8 Å². The van der Waals surface area contributed by atoms with Crippen molar-refractivity contribution >= 4 is 43.5 Å². The van der Waals surface area contributed by atoms with E-state index in [4.69, 9.17) is 0 Å². The van der Waals surface area contributed by atoms with E-state index in [0.29, 0.717) is 6.54 Å². The maximum atomic E-state index is 12.9. The summed E-state index contributed by atoms with van der Waals surface area (Å²) in [5.41, 5.74) is 1.68. The molecule has 2 aromatic carbocycles. The zero-order chi connectivity index (χ0) is 17.0. The minimum atomic E-state index is -0.324. The van der Waals surface area contributed by atoms with E-state index < -0.39 is 0 Å². The molecule has 2 rings (SSSR count). The number of benzene rings is 2. The van der Waals surface area contributed by atoms with Gasteiger partial charge in [-0.15, -0.1) is 0 Å². The molecule has 1 N–H and O–H groups in total. The number of anilines is 1. The fraction of sp³-hybridized carbons (Fsp3) is 0.235. The fourth-order valence-corrected chi connectivity index (χ4v) is 3.19. The van der Waals surface area contributed by atoms with Gasteiger partial charge in [-0.3, -0.25) is 9.69 Å². The van der Waals surface area contributed by atoms with E-state index in [9.17, 15) is 9.18 Å². The van der Waals surface area contributed by atoms with E-state index in [0.717, 1.165) is 20.2 Å². The van der Waals surface area contributed by atoms with Crippen molar-refractivity contribution in [2.24, 2.45) is 0 Å². The average Bonchev–Trinajstić information content (AvgIpc) is 2.51. The number of halogens is 3. The Morgan fingerprint density at radius 2 is 1.87 bits per heavy atom. The molecule has 0 saturated heterocycles. The predicted molar refractivity (Wildman–Crippen MR) is 97.8 cm³/mol. The summed E-state index contributed by atoms with van der Waals surface area (Å²) in [6, 6.07) is 11.5. The Morgan fingerprint density at radius 1 is 1.22 bits per heavy atom. The van der Waals surface area contributed by atoms with Crippen LogP contribution in [0.4, 0.5) is 10.1 Å². The molecule has 1 unspecified atom stereocenters. The van der Waals surface area contributed by atoms with Gasteiger partial charge in [-0.2, -0.15) is 0 Å². The van der Waals surface area contributed by atoms with Gasteiger partial charge in [0.2, 0.25) is 5.91 Å². The molecule has 0 fully saturated rings. The standard InChI is InChI=1S/C17H17Br2FN2O/c1-11(22(2)10-12-3-6-14(20)7-4-12)17(23)21-16-8-5-13(18)9-15(16)19/h3-9,11H,10H2,1-2H3,(H,21,23). The molecular formula is C17H17Br2FN2O. The van der Waals surface area contributed by atoms with Crippen LogP contribution in [-0.4, -0.2) is 23.9 Å². The third kappa shape index (κ3) is 5.12. The van der Waals surface area contributed by atoms with Gasteiger partial charge in [0, 0.05) is 15.5 Å². The van der Waals surface area contributed by atoms with E-state index >= 15 is 0 Å². The van der Waals surface area contributed by atoms with Crippen LogP contribution < -0.4 is 5.32 Å². The van der Waals surface area contributed by atoms with E-state index in [-0.39, 0.29) is 17.8 Å². The van der Waals surface area contributed by atoms with Crippen LogP contribution in [0.1, 0.15) is 12.5 Å². The van der Waals surface area contributed by atoms with Crippen molar-refractivity contribution in [2.45, 2.75) is 19.5 Å². The number of amides is 1. The Balaban J connectivity index is 1.99. The lowest BCUT2D eigenvalue weighted by atomic mass is 10.2. The number of likely N-dealkylation sites (N-methyl/N-ethyl adjacent to an activating group) is 1. The van der Waals surface area contributed by atoms with Crippen molar-refractivity contribution in [1.82, 2.24) is 4.90 Å². The second-order valence-electron chi connectivity index (χ2n) is 5.33. The van der Waals surface area contributed by atoms with Gasteiger partial charge >= 0.3 is 0 Å². The van der Waals surface area contributed by atoms with E-state index in [1.165, 1.54) is 12.1 Å². The number of carbonyl (C=O) groups excluding carboxylic acids is 1. The van der Waals surface area contributed by atoms with Crippen molar-refractivity contribution < 1.29 is 9.18 Å². The smallest absolute Gasteiger partial charge is 0.241 e. The minimum absolute atomic E-state index is 0.0994. The van der Waals surface area contributed by atoms with Crippen molar-refractivity contribution in [3.63, 3.8) is 0 Å². The van der Waals surface area contributed by atoms with Crippen LogP contribution in [-0.2, 0) is 11.3 Å². The molecule has 122 valence electrons. The quantitative estimate of drug-likeness (QED) is 0.719. The molecular weight excluding hydrogens is 427 g/mol. The summed E-state index contributed by atoms with van der Waals surface area (Å²) < 4.78 is 14.7. The highest BCUT2D eigenvalue weighted by molar-refractivity contribution is 9.11. The number of carbonyl (C=O) groups is 1. The highest BCUT2D eigenvalue weighted by Crippen LogP contribution is 2.26. The van der Waals surface area contributed by atoms with Gasteiger partial charge < -0.3 is 5.32 Å². The van der Waals surface area contributed by atoms with Gasteiger partial charge in [0.1, 0.15) is 5.82 Å². The molecule has 6 heteroatoms. The number of hydrogen-bond donors (Lipinski definition) is 1.